The molecule has 0 bridgehead atoms. The van der Waals surface area contributed by atoms with Gasteiger partial charge >= 0.3 is 17.9 Å². The van der Waals surface area contributed by atoms with Gasteiger partial charge in [-0.15, -0.1) is 0 Å². The van der Waals surface area contributed by atoms with E-state index >= 15 is 0 Å². The molecule has 114 valence electrons. The molecule has 0 heterocycles. The Bertz CT molecular complexity index is 627. The van der Waals surface area contributed by atoms with Crippen LogP contribution in [0.25, 0.3) is 0 Å². The Morgan fingerprint density at radius 2 is 1.62 bits per heavy atom. The molecule has 0 aliphatic rings. The van der Waals surface area contributed by atoms with Crippen LogP contribution in [0.2, 0.25) is 0 Å². The zero-order valence-corrected chi connectivity index (χ0v) is 12.2. The molecule has 7 nitrogen and oxygen atoms in total. The molecule has 0 aliphatic heterocycles. The third kappa shape index (κ3) is 3.50. The molecule has 1 aromatic rings. The Morgan fingerprint density at radius 3 is 2.00 bits per heavy atom. The first-order valence-electron chi connectivity index (χ1n) is 6.08. The van der Waals surface area contributed by atoms with Crippen LogP contribution in [0, 0.1) is 6.92 Å². The number of nitrogen functional groups attached to an aromatic ring is 1. The van der Waals surface area contributed by atoms with E-state index in [1.54, 1.807) is 20.8 Å². The Morgan fingerprint density at radius 1 is 1.10 bits per heavy atom. The van der Waals surface area contributed by atoms with Gasteiger partial charge in [0.2, 0.25) is 0 Å². The predicted molar refractivity (Wildman–Crippen MR) is 74.7 cm³/mol. The molecule has 1 rings (SSSR count). The summed E-state index contributed by atoms with van der Waals surface area (Å²) in [6.07, 6.45) is 0. The molecule has 0 saturated heterocycles. The summed E-state index contributed by atoms with van der Waals surface area (Å²) >= 11 is 0. The summed E-state index contributed by atoms with van der Waals surface area (Å²) in [5.41, 5.74) is 3.47. The Hall–Kier alpha value is -2.57. The van der Waals surface area contributed by atoms with Crippen LogP contribution in [0.1, 0.15) is 57.4 Å². The standard InChI is InChI=1S/C14H17NO6/c1-6-7(11(16)17)5-8(15)10(9(6)12(18)19)13(20)21-14(2,3)4/h5H,15H2,1-4H3,(H,16,17)(H,18,19). The molecule has 0 fully saturated rings. The smallest absolute Gasteiger partial charge is 0.341 e. The Kier molecular flexibility index (Phi) is 4.26. The second-order valence-electron chi connectivity index (χ2n) is 5.50. The van der Waals surface area contributed by atoms with Crippen LogP contribution in [0.3, 0.4) is 0 Å². The summed E-state index contributed by atoms with van der Waals surface area (Å²) in [7, 11) is 0. The molecule has 0 spiro atoms. The number of hydrogen-bond donors (Lipinski definition) is 3. The minimum Gasteiger partial charge on any atom is -0.478 e. The fraction of sp³-hybridized carbons (Fsp3) is 0.357. The number of anilines is 1. The average Bonchev–Trinajstić information content (AvgIpc) is 2.27. The van der Waals surface area contributed by atoms with Gasteiger partial charge in [-0.3, -0.25) is 0 Å². The van der Waals surface area contributed by atoms with Crippen LogP contribution >= 0.6 is 0 Å². The van der Waals surface area contributed by atoms with Gasteiger partial charge in [-0.05, 0) is 39.3 Å². The van der Waals surface area contributed by atoms with E-state index in [-0.39, 0.29) is 22.4 Å². The van der Waals surface area contributed by atoms with E-state index < -0.39 is 29.1 Å². The molecule has 0 unspecified atom stereocenters. The zero-order chi connectivity index (χ0) is 16.5. The lowest BCUT2D eigenvalue weighted by Crippen LogP contribution is -2.26. The molecule has 0 saturated carbocycles. The first kappa shape index (κ1) is 16.5. The van der Waals surface area contributed by atoms with Crippen molar-refractivity contribution in [2.75, 3.05) is 5.73 Å². The maximum absolute atomic E-state index is 12.1. The minimum atomic E-state index is -1.44. The maximum atomic E-state index is 12.1. The zero-order valence-electron chi connectivity index (χ0n) is 12.2. The monoisotopic (exact) mass is 295 g/mol. The summed E-state index contributed by atoms with van der Waals surface area (Å²) in [6.45, 7) is 6.18. The molecular weight excluding hydrogens is 278 g/mol. The van der Waals surface area contributed by atoms with E-state index in [4.69, 9.17) is 15.6 Å². The molecule has 0 aliphatic carbocycles. The number of carboxylic acid groups (broad SMARTS) is 2. The van der Waals surface area contributed by atoms with E-state index in [1.165, 1.54) is 6.92 Å². The first-order chi connectivity index (χ1) is 9.45. The number of benzene rings is 1. The van der Waals surface area contributed by atoms with Gasteiger partial charge in [-0.1, -0.05) is 0 Å². The highest BCUT2D eigenvalue weighted by Crippen LogP contribution is 2.27. The number of aromatic carboxylic acids is 2. The van der Waals surface area contributed by atoms with E-state index in [0.717, 1.165) is 6.07 Å². The summed E-state index contributed by atoms with van der Waals surface area (Å²) in [5, 5.41) is 18.3. The lowest BCUT2D eigenvalue weighted by molar-refractivity contribution is 0.00666. The molecule has 21 heavy (non-hydrogen) atoms. The van der Waals surface area contributed by atoms with E-state index in [1.807, 2.05) is 0 Å². The van der Waals surface area contributed by atoms with Crippen molar-refractivity contribution in [1.82, 2.24) is 0 Å². The van der Waals surface area contributed by atoms with Crippen LogP contribution in [0.4, 0.5) is 5.69 Å². The van der Waals surface area contributed by atoms with Gasteiger partial charge in [-0.25, -0.2) is 14.4 Å². The molecule has 7 heteroatoms. The van der Waals surface area contributed by atoms with E-state index in [9.17, 15) is 19.5 Å². The fourth-order valence-electron chi connectivity index (χ4n) is 1.84. The van der Waals surface area contributed by atoms with Gasteiger partial charge < -0.3 is 20.7 Å². The molecule has 0 atom stereocenters. The number of esters is 1. The van der Waals surface area contributed by atoms with Gasteiger partial charge in [-0.2, -0.15) is 0 Å². The Balaban J connectivity index is 3.59. The van der Waals surface area contributed by atoms with Gasteiger partial charge in [0.25, 0.3) is 0 Å². The number of nitrogens with two attached hydrogens (primary N) is 1. The molecule has 0 aromatic heterocycles. The second kappa shape index (κ2) is 5.43. The number of carboxylic acids is 2. The van der Waals surface area contributed by atoms with Crippen LogP contribution in [-0.4, -0.2) is 33.7 Å². The summed E-state index contributed by atoms with van der Waals surface area (Å²) in [4.78, 5) is 34.6. The second-order valence-corrected chi connectivity index (χ2v) is 5.50. The van der Waals surface area contributed by atoms with Gasteiger partial charge in [0.1, 0.15) is 5.60 Å². The number of rotatable bonds is 3. The lowest BCUT2D eigenvalue weighted by Gasteiger charge is -2.21. The SMILES string of the molecule is Cc1c(C(=O)O)cc(N)c(C(=O)OC(C)(C)C)c1C(=O)O. The quantitative estimate of drug-likeness (QED) is 0.574. The number of ether oxygens (including phenoxy) is 1. The highest BCUT2D eigenvalue weighted by molar-refractivity contribution is 6.09. The van der Waals surface area contributed by atoms with E-state index in [0.29, 0.717) is 0 Å². The summed E-state index contributed by atoms with van der Waals surface area (Å²) < 4.78 is 5.12. The fourth-order valence-corrected chi connectivity index (χ4v) is 1.84. The predicted octanol–water partition coefficient (Wildman–Crippen LogP) is 1.93. The number of carbonyl (C=O) groups is 3. The largest absolute Gasteiger partial charge is 0.478 e. The van der Waals surface area contributed by atoms with Crippen molar-refractivity contribution >= 4 is 23.6 Å². The van der Waals surface area contributed by atoms with Crippen LogP contribution in [0.15, 0.2) is 6.07 Å². The molecular formula is C14H17NO6. The van der Waals surface area contributed by atoms with Crippen LogP contribution < -0.4 is 5.73 Å². The molecule has 4 N–H and O–H groups in total. The van der Waals surface area contributed by atoms with Crippen molar-refractivity contribution < 1.29 is 29.3 Å². The van der Waals surface area contributed by atoms with Crippen molar-refractivity contribution in [1.29, 1.82) is 0 Å². The highest BCUT2D eigenvalue weighted by atomic mass is 16.6. The van der Waals surface area contributed by atoms with Crippen molar-refractivity contribution in [3.05, 3.63) is 28.3 Å². The van der Waals surface area contributed by atoms with Crippen molar-refractivity contribution in [3.63, 3.8) is 0 Å². The van der Waals surface area contributed by atoms with Gasteiger partial charge in [0, 0.05) is 5.69 Å². The highest BCUT2D eigenvalue weighted by Gasteiger charge is 2.29. The van der Waals surface area contributed by atoms with E-state index in [2.05, 4.69) is 0 Å². The summed E-state index contributed by atoms with van der Waals surface area (Å²) in [5.74, 6) is -3.67. The molecule has 0 radical (unpaired) electrons. The lowest BCUT2D eigenvalue weighted by atomic mass is 9.95. The topological polar surface area (TPSA) is 127 Å². The average molecular weight is 295 g/mol. The van der Waals surface area contributed by atoms with Crippen LogP contribution in [-0.2, 0) is 4.74 Å². The normalized spacial score (nSPS) is 11.0. The van der Waals surface area contributed by atoms with Gasteiger partial charge in [0.05, 0.1) is 16.7 Å². The Labute approximate surface area is 121 Å². The van der Waals surface area contributed by atoms with Crippen molar-refractivity contribution in [2.24, 2.45) is 0 Å². The number of hydrogen-bond acceptors (Lipinski definition) is 5. The molecule has 1 aromatic carbocycles. The summed E-state index contributed by atoms with van der Waals surface area (Å²) in [6, 6.07) is 1.06. The number of carbonyl (C=O) groups excluding carboxylic acids is 1. The van der Waals surface area contributed by atoms with Gasteiger partial charge in [0.15, 0.2) is 0 Å². The van der Waals surface area contributed by atoms with Crippen molar-refractivity contribution in [2.45, 2.75) is 33.3 Å². The first-order valence-corrected chi connectivity index (χ1v) is 6.08. The maximum Gasteiger partial charge on any atom is 0.341 e. The third-order valence-electron chi connectivity index (χ3n) is 2.66. The van der Waals surface area contributed by atoms with Crippen LogP contribution in [0.5, 0.6) is 0 Å². The molecule has 0 amide bonds. The minimum absolute atomic E-state index is 0.0509. The van der Waals surface area contributed by atoms with Crippen molar-refractivity contribution in [3.8, 4) is 0 Å². The third-order valence-corrected chi connectivity index (χ3v) is 2.66.